The van der Waals surface area contributed by atoms with Gasteiger partial charge in [-0.3, -0.25) is 14.8 Å². The molecule has 0 unspecified atom stereocenters. The predicted molar refractivity (Wildman–Crippen MR) is 54.4 cm³/mol. The number of aryl methyl sites for hydroxylation is 1. The summed E-state index contributed by atoms with van der Waals surface area (Å²) in [6.45, 7) is 5.80. The molecule has 0 spiro atoms. The molecule has 0 aliphatic heterocycles. The first-order chi connectivity index (χ1) is 6.96. The number of aliphatic carboxylic acids is 1. The number of carbonyl (C=O) groups is 1. The van der Waals surface area contributed by atoms with Crippen LogP contribution in [0.25, 0.3) is 0 Å². The van der Waals surface area contributed by atoms with Crippen LogP contribution in [0.5, 0.6) is 0 Å². The topological polar surface area (TPSA) is 63.1 Å². The fraction of sp³-hybridized carbons (Fsp3) is 0.545. The first-order valence-corrected chi connectivity index (χ1v) is 4.96. The molecule has 0 saturated heterocycles. The highest BCUT2D eigenvalue weighted by Gasteiger charge is 2.64. The standard InChI is InChI=1S/C11H14N2O2/c1-6-9(13-5-4-12-6)7-8(10(14)15)11(7,2)3/h4-5,7-8H,1-3H3,(H,14,15)/t7-,8-/m1/s1. The Hall–Kier alpha value is -1.45. The van der Waals surface area contributed by atoms with E-state index in [4.69, 9.17) is 5.11 Å². The summed E-state index contributed by atoms with van der Waals surface area (Å²) in [6, 6.07) is 0. The first kappa shape index (κ1) is 10.1. The van der Waals surface area contributed by atoms with E-state index in [1.165, 1.54) is 0 Å². The zero-order valence-corrected chi connectivity index (χ0v) is 9.06. The van der Waals surface area contributed by atoms with Crippen molar-refractivity contribution in [1.29, 1.82) is 0 Å². The van der Waals surface area contributed by atoms with Crippen LogP contribution in [0.4, 0.5) is 0 Å². The summed E-state index contributed by atoms with van der Waals surface area (Å²) < 4.78 is 0. The summed E-state index contributed by atoms with van der Waals surface area (Å²) >= 11 is 0. The average Bonchev–Trinajstić information content (AvgIpc) is 2.70. The highest BCUT2D eigenvalue weighted by atomic mass is 16.4. The Balaban J connectivity index is 2.36. The van der Waals surface area contributed by atoms with E-state index in [-0.39, 0.29) is 17.3 Å². The van der Waals surface area contributed by atoms with Gasteiger partial charge in [0.1, 0.15) is 0 Å². The molecular formula is C11H14N2O2. The molecule has 0 amide bonds. The number of carboxylic acid groups (broad SMARTS) is 1. The number of hydrogen-bond donors (Lipinski definition) is 1. The summed E-state index contributed by atoms with van der Waals surface area (Å²) in [5.41, 5.74) is 1.46. The highest BCUT2D eigenvalue weighted by molar-refractivity contribution is 5.77. The third kappa shape index (κ3) is 1.40. The van der Waals surface area contributed by atoms with Gasteiger partial charge in [0.05, 0.1) is 17.3 Å². The largest absolute Gasteiger partial charge is 0.481 e. The summed E-state index contributed by atoms with van der Waals surface area (Å²) in [7, 11) is 0. The van der Waals surface area contributed by atoms with Gasteiger partial charge >= 0.3 is 5.97 Å². The number of rotatable bonds is 2. The van der Waals surface area contributed by atoms with Crippen LogP contribution in [0.2, 0.25) is 0 Å². The molecule has 0 bridgehead atoms. The molecule has 2 rings (SSSR count). The van der Waals surface area contributed by atoms with Crippen LogP contribution in [-0.4, -0.2) is 21.0 Å². The normalized spacial score (nSPS) is 27.4. The minimum absolute atomic E-state index is 0.00343. The third-order valence-corrected chi connectivity index (χ3v) is 3.31. The number of carboxylic acids is 1. The molecule has 1 saturated carbocycles. The zero-order chi connectivity index (χ0) is 11.2. The molecular weight excluding hydrogens is 192 g/mol. The van der Waals surface area contributed by atoms with Crippen LogP contribution in [0.15, 0.2) is 12.4 Å². The Morgan fingerprint density at radius 1 is 1.40 bits per heavy atom. The molecule has 1 aliphatic rings. The maximum atomic E-state index is 11.0. The van der Waals surface area contributed by atoms with Gasteiger partial charge in [-0.05, 0) is 12.3 Å². The molecule has 1 fully saturated rings. The van der Waals surface area contributed by atoms with E-state index in [0.717, 1.165) is 11.4 Å². The van der Waals surface area contributed by atoms with Crippen molar-refractivity contribution in [3.8, 4) is 0 Å². The Morgan fingerprint density at radius 2 is 2.00 bits per heavy atom. The van der Waals surface area contributed by atoms with Crippen molar-refractivity contribution < 1.29 is 9.90 Å². The number of nitrogens with zero attached hydrogens (tertiary/aromatic N) is 2. The smallest absolute Gasteiger partial charge is 0.307 e. The second-order valence-corrected chi connectivity index (χ2v) is 4.64. The lowest BCUT2D eigenvalue weighted by atomic mass is 10.1. The van der Waals surface area contributed by atoms with Crippen molar-refractivity contribution in [2.24, 2.45) is 11.3 Å². The van der Waals surface area contributed by atoms with E-state index < -0.39 is 5.97 Å². The molecule has 1 aromatic rings. The second kappa shape index (κ2) is 3.02. The van der Waals surface area contributed by atoms with Gasteiger partial charge in [0.15, 0.2) is 0 Å². The van der Waals surface area contributed by atoms with Gasteiger partial charge in [-0.15, -0.1) is 0 Å². The van der Waals surface area contributed by atoms with E-state index >= 15 is 0 Å². The number of hydrogen-bond acceptors (Lipinski definition) is 3. The van der Waals surface area contributed by atoms with Gasteiger partial charge in [0.25, 0.3) is 0 Å². The highest BCUT2D eigenvalue weighted by Crippen LogP contribution is 2.64. The van der Waals surface area contributed by atoms with Crippen LogP contribution in [0.3, 0.4) is 0 Å². The van der Waals surface area contributed by atoms with Crippen LogP contribution in [0, 0.1) is 18.3 Å². The fourth-order valence-electron chi connectivity index (χ4n) is 2.33. The molecule has 1 aliphatic carbocycles. The van der Waals surface area contributed by atoms with Crippen molar-refractivity contribution in [1.82, 2.24) is 9.97 Å². The van der Waals surface area contributed by atoms with Gasteiger partial charge in [-0.25, -0.2) is 0 Å². The molecule has 1 aromatic heterocycles. The van der Waals surface area contributed by atoms with Gasteiger partial charge in [-0.1, -0.05) is 13.8 Å². The summed E-state index contributed by atoms with van der Waals surface area (Å²) in [6.07, 6.45) is 3.25. The fourth-order valence-corrected chi connectivity index (χ4v) is 2.33. The summed E-state index contributed by atoms with van der Waals surface area (Å²) in [4.78, 5) is 19.4. The Bertz CT molecular complexity index is 415. The molecule has 2 atom stereocenters. The lowest BCUT2D eigenvalue weighted by molar-refractivity contribution is -0.139. The lowest BCUT2D eigenvalue weighted by Crippen LogP contribution is -2.03. The Labute approximate surface area is 88.4 Å². The molecule has 4 heteroatoms. The van der Waals surface area contributed by atoms with Crippen molar-refractivity contribution in [2.45, 2.75) is 26.7 Å². The van der Waals surface area contributed by atoms with E-state index in [1.54, 1.807) is 12.4 Å². The predicted octanol–water partition coefficient (Wildman–Crippen LogP) is 1.61. The summed E-state index contributed by atoms with van der Waals surface area (Å²) in [5.74, 6) is -1.06. The van der Waals surface area contributed by atoms with Gasteiger partial charge in [-0.2, -0.15) is 0 Å². The SMILES string of the molecule is Cc1nccnc1[C@H]1[C@H](C(=O)O)C1(C)C. The Kier molecular flexibility index (Phi) is 2.03. The second-order valence-electron chi connectivity index (χ2n) is 4.64. The van der Waals surface area contributed by atoms with Crippen molar-refractivity contribution in [3.05, 3.63) is 23.8 Å². The molecule has 15 heavy (non-hydrogen) atoms. The monoisotopic (exact) mass is 206 g/mol. The van der Waals surface area contributed by atoms with E-state index in [2.05, 4.69) is 9.97 Å². The van der Waals surface area contributed by atoms with Crippen LogP contribution >= 0.6 is 0 Å². The van der Waals surface area contributed by atoms with Gasteiger partial charge in [0, 0.05) is 18.3 Å². The quantitative estimate of drug-likeness (QED) is 0.798. The molecule has 1 heterocycles. The minimum Gasteiger partial charge on any atom is -0.481 e. The lowest BCUT2D eigenvalue weighted by Gasteiger charge is -2.03. The molecule has 0 radical (unpaired) electrons. The van der Waals surface area contributed by atoms with Crippen molar-refractivity contribution >= 4 is 5.97 Å². The maximum absolute atomic E-state index is 11.0. The van der Waals surface area contributed by atoms with Crippen molar-refractivity contribution in [2.75, 3.05) is 0 Å². The first-order valence-electron chi connectivity index (χ1n) is 4.96. The van der Waals surface area contributed by atoms with E-state index in [1.807, 2.05) is 20.8 Å². The Morgan fingerprint density at radius 3 is 2.47 bits per heavy atom. The molecule has 4 nitrogen and oxygen atoms in total. The molecule has 80 valence electrons. The summed E-state index contributed by atoms with van der Waals surface area (Å²) in [5, 5.41) is 9.06. The van der Waals surface area contributed by atoms with Gasteiger partial charge in [0.2, 0.25) is 0 Å². The van der Waals surface area contributed by atoms with E-state index in [9.17, 15) is 4.79 Å². The average molecular weight is 206 g/mol. The minimum atomic E-state index is -0.741. The number of aromatic nitrogens is 2. The molecule has 0 aromatic carbocycles. The van der Waals surface area contributed by atoms with Crippen LogP contribution in [-0.2, 0) is 4.79 Å². The maximum Gasteiger partial charge on any atom is 0.307 e. The van der Waals surface area contributed by atoms with Crippen LogP contribution < -0.4 is 0 Å². The zero-order valence-electron chi connectivity index (χ0n) is 9.06. The van der Waals surface area contributed by atoms with Gasteiger partial charge < -0.3 is 5.11 Å². The third-order valence-electron chi connectivity index (χ3n) is 3.31. The molecule has 1 N–H and O–H groups in total. The van der Waals surface area contributed by atoms with Crippen molar-refractivity contribution in [3.63, 3.8) is 0 Å². The van der Waals surface area contributed by atoms with E-state index in [0.29, 0.717) is 0 Å². The van der Waals surface area contributed by atoms with Crippen LogP contribution in [0.1, 0.15) is 31.2 Å².